The van der Waals surface area contributed by atoms with E-state index in [2.05, 4.69) is 33.7 Å². The summed E-state index contributed by atoms with van der Waals surface area (Å²) in [7, 11) is 2.05. The van der Waals surface area contributed by atoms with Gasteiger partial charge in [0.25, 0.3) is 0 Å². The fourth-order valence-corrected chi connectivity index (χ4v) is 2.39. The minimum atomic E-state index is -0.455. The second-order valence-corrected chi connectivity index (χ2v) is 4.31. The highest BCUT2D eigenvalue weighted by Crippen LogP contribution is 2.29. The Hall–Kier alpha value is -1.36. The molecule has 84 valence electrons. The third-order valence-electron chi connectivity index (χ3n) is 3.19. The van der Waals surface area contributed by atoms with Gasteiger partial charge in [-0.05, 0) is 11.6 Å². The number of para-hydroxylation sites is 1. The second-order valence-electron chi connectivity index (χ2n) is 4.31. The topological polar surface area (TPSA) is 49.2 Å². The van der Waals surface area contributed by atoms with E-state index in [1.165, 1.54) is 16.5 Å². The van der Waals surface area contributed by atoms with Crippen LogP contribution in [0.25, 0.3) is 10.9 Å². The molecule has 0 radical (unpaired) electrons. The van der Waals surface area contributed by atoms with Gasteiger partial charge >= 0.3 is 0 Å². The Kier molecular flexibility index (Phi) is 2.21. The van der Waals surface area contributed by atoms with E-state index in [4.69, 9.17) is 0 Å². The van der Waals surface area contributed by atoms with Crippen LogP contribution in [0, 0.1) is 0 Å². The van der Waals surface area contributed by atoms with Crippen LogP contribution in [-0.4, -0.2) is 15.9 Å². The number of rotatable bonds is 1. The molecule has 1 fully saturated rings. The Bertz CT molecular complexity index is 520. The van der Waals surface area contributed by atoms with Crippen LogP contribution >= 0.6 is 0 Å². The molecule has 16 heavy (non-hydrogen) atoms. The molecule has 3 N–H and O–H groups in total. The Morgan fingerprint density at radius 1 is 1.31 bits per heavy atom. The van der Waals surface area contributed by atoms with Gasteiger partial charge in [-0.3, -0.25) is 0 Å². The van der Waals surface area contributed by atoms with Crippen molar-refractivity contribution in [3.8, 4) is 0 Å². The summed E-state index contributed by atoms with van der Waals surface area (Å²) in [5.74, 6) is 0. The maximum atomic E-state index is 9.46. The molecule has 2 unspecified atom stereocenters. The standard InChI is InChI=1S/C12H15N3O/c1-15-7-9(10-6-12(16)14-13-10)8-4-2-3-5-11(8)15/h2-5,7,10,12-14,16H,6H2,1H3. The first kappa shape index (κ1) is 9.84. The third kappa shape index (κ3) is 1.43. The van der Waals surface area contributed by atoms with E-state index in [1.54, 1.807) is 0 Å². The molecular formula is C12H15N3O. The predicted octanol–water partition coefficient (Wildman–Crippen LogP) is 1.04. The molecule has 0 saturated carbocycles. The smallest absolute Gasteiger partial charge is 0.119 e. The molecule has 1 aliphatic rings. The number of aromatic nitrogens is 1. The van der Waals surface area contributed by atoms with E-state index in [0.29, 0.717) is 6.42 Å². The summed E-state index contributed by atoms with van der Waals surface area (Å²) in [5.41, 5.74) is 8.41. The van der Waals surface area contributed by atoms with Crippen LogP contribution in [-0.2, 0) is 7.05 Å². The van der Waals surface area contributed by atoms with E-state index in [-0.39, 0.29) is 6.04 Å². The summed E-state index contributed by atoms with van der Waals surface area (Å²) in [6.07, 6.45) is 2.37. The highest BCUT2D eigenvalue weighted by molar-refractivity contribution is 5.84. The quantitative estimate of drug-likeness (QED) is 0.669. The van der Waals surface area contributed by atoms with Crippen molar-refractivity contribution in [3.05, 3.63) is 36.0 Å². The number of aryl methyl sites for hydroxylation is 1. The first-order valence-electron chi connectivity index (χ1n) is 5.49. The van der Waals surface area contributed by atoms with Gasteiger partial charge in [-0.25, -0.2) is 10.9 Å². The average Bonchev–Trinajstić information content (AvgIpc) is 2.84. The van der Waals surface area contributed by atoms with Crippen LogP contribution in [0.1, 0.15) is 18.0 Å². The minimum Gasteiger partial charge on any atom is -0.377 e. The lowest BCUT2D eigenvalue weighted by Gasteiger charge is -2.06. The maximum Gasteiger partial charge on any atom is 0.119 e. The Labute approximate surface area is 93.9 Å². The molecule has 4 nitrogen and oxygen atoms in total. The van der Waals surface area contributed by atoms with Gasteiger partial charge in [0, 0.05) is 30.6 Å². The number of nitrogens with one attached hydrogen (secondary N) is 2. The van der Waals surface area contributed by atoms with Crippen molar-refractivity contribution in [3.63, 3.8) is 0 Å². The van der Waals surface area contributed by atoms with Crippen molar-refractivity contribution in [2.24, 2.45) is 7.05 Å². The molecule has 1 aromatic heterocycles. The second kappa shape index (κ2) is 3.59. The molecule has 0 amide bonds. The molecule has 0 aliphatic carbocycles. The lowest BCUT2D eigenvalue weighted by molar-refractivity contribution is 0.153. The Morgan fingerprint density at radius 3 is 2.88 bits per heavy atom. The number of hydrogen-bond donors (Lipinski definition) is 3. The van der Waals surface area contributed by atoms with E-state index in [1.807, 2.05) is 19.2 Å². The lowest BCUT2D eigenvalue weighted by atomic mass is 10.0. The highest BCUT2D eigenvalue weighted by atomic mass is 16.3. The fraction of sp³-hybridized carbons (Fsp3) is 0.333. The van der Waals surface area contributed by atoms with Crippen molar-refractivity contribution in [2.45, 2.75) is 18.7 Å². The number of nitrogens with zero attached hydrogens (tertiary/aromatic N) is 1. The summed E-state index contributed by atoms with van der Waals surface area (Å²) >= 11 is 0. The third-order valence-corrected chi connectivity index (χ3v) is 3.19. The number of hydrogen-bond acceptors (Lipinski definition) is 3. The number of benzene rings is 1. The van der Waals surface area contributed by atoms with Gasteiger partial charge in [0.05, 0.1) is 6.04 Å². The SMILES string of the molecule is Cn1cc(C2CC(O)NN2)c2ccccc21. The van der Waals surface area contributed by atoms with Crippen molar-refractivity contribution < 1.29 is 5.11 Å². The first-order chi connectivity index (χ1) is 7.75. The molecule has 1 saturated heterocycles. The van der Waals surface area contributed by atoms with E-state index < -0.39 is 6.23 Å². The number of aliphatic hydroxyl groups is 1. The first-order valence-corrected chi connectivity index (χ1v) is 5.49. The lowest BCUT2D eigenvalue weighted by Crippen LogP contribution is -2.30. The summed E-state index contributed by atoms with van der Waals surface area (Å²) in [5, 5.41) is 10.7. The summed E-state index contributed by atoms with van der Waals surface area (Å²) in [6.45, 7) is 0. The van der Waals surface area contributed by atoms with Gasteiger partial charge in [0.15, 0.2) is 0 Å². The average molecular weight is 217 g/mol. The molecule has 0 bridgehead atoms. The predicted molar refractivity (Wildman–Crippen MR) is 62.6 cm³/mol. The van der Waals surface area contributed by atoms with Gasteiger partial charge in [-0.2, -0.15) is 0 Å². The van der Waals surface area contributed by atoms with Crippen molar-refractivity contribution in [1.29, 1.82) is 0 Å². The van der Waals surface area contributed by atoms with Crippen molar-refractivity contribution >= 4 is 10.9 Å². The zero-order valence-electron chi connectivity index (χ0n) is 9.14. The Morgan fingerprint density at radius 2 is 2.12 bits per heavy atom. The van der Waals surface area contributed by atoms with E-state index in [0.717, 1.165) is 0 Å². The van der Waals surface area contributed by atoms with Crippen LogP contribution in [0.15, 0.2) is 30.5 Å². The molecule has 1 aromatic carbocycles. The van der Waals surface area contributed by atoms with Crippen molar-refractivity contribution in [1.82, 2.24) is 15.4 Å². The summed E-state index contributed by atoms with van der Waals surface area (Å²) in [6, 6.07) is 8.50. The zero-order chi connectivity index (χ0) is 11.1. The van der Waals surface area contributed by atoms with Crippen LogP contribution in [0.5, 0.6) is 0 Å². The van der Waals surface area contributed by atoms with E-state index >= 15 is 0 Å². The number of fused-ring (bicyclic) bond motifs is 1. The number of aliphatic hydroxyl groups excluding tert-OH is 1. The van der Waals surface area contributed by atoms with Gasteiger partial charge in [0.1, 0.15) is 6.23 Å². The van der Waals surface area contributed by atoms with Crippen molar-refractivity contribution in [2.75, 3.05) is 0 Å². The van der Waals surface area contributed by atoms with Crippen LogP contribution in [0.2, 0.25) is 0 Å². The molecule has 3 rings (SSSR count). The Balaban J connectivity index is 2.10. The van der Waals surface area contributed by atoms with Crippen LogP contribution in [0.4, 0.5) is 0 Å². The normalized spacial score (nSPS) is 25.4. The molecule has 2 aromatic rings. The highest BCUT2D eigenvalue weighted by Gasteiger charge is 2.25. The molecule has 0 spiro atoms. The van der Waals surface area contributed by atoms with Gasteiger partial charge < -0.3 is 9.67 Å². The van der Waals surface area contributed by atoms with Crippen LogP contribution in [0.3, 0.4) is 0 Å². The monoisotopic (exact) mass is 217 g/mol. The maximum absolute atomic E-state index is 9.46. The largest absolute Gasteiger partial charge is 0.377 e. The molecule has 2 atom stereocenters. The van der Waals surface area contributed by atoms with Gasteiger partial charge in [-0.15, -0.1) is 0 Å². The van der Waals surface area contributed by atoms with Crippen LogP contribution < -0.4 is 10.9 Å². The summed E-state index contributed by atoms with van der Waals surface area (Å²) < 4.78 is 2.12. The minimum absolute atomic E-state index is 0.182. The van der Waals surface area contributed by atoms with Gasteiger partial charge in [0.2, 0.25) is 0 Å². The zero-order valence-corrected chi connectivity index (χ0v) is 9.14. The number of hydrazine groups is 1. The van der Waals surface area contributed by atoms with E-state index in [9.17, 15) is 5.11 Å². The molecular weight excluding hydrogens is 202 g/mol. The fourth-order valence-electron chi connectivity index (χ4n) is 2.39. The molecule has 1 aliphatic heterocycles. The van der Waals surface area contributed by atoms with Gasteiger partial charge in [-0.1, -0.05) is 18.2 Å². The molecule has 4 heteroatoms. The summed E-state index contributed by atoms with van der Waals surface area (Å²) in [4.78, 5) is 0. The molecule has 2 heterocycles.